The van der Waals surface area contributed by atoms with Crippen molar-refractivity contribution in [2.24, 2.45) is 5.92 Å². The van der Waals surface area contributed by atoms with E-state index in [0.717, 1.165) is 16.9 Å². The number of hydrogen-bond acceptors (Lipinski definition) is 8. The number of nitrogens with zero attached hydrogens (tertiary/aromatic N) is 2. The number of rotatable bonds is 7. The van der Waals surface area contributed by atoms with Gasteiger partial charge in [0, 0.05) is 29.6 Å². The first-order valence-electron chi connectivity index (χ1n) is 13.0. The lowest BCUT2D eigenvalue weighted by Crippen LogP contribution is -2.51. The summed E-state index contributed by atoms with van der Waals surface area (Å²) < 4.78 is 24.1. The zero-order valence-corrected chi connectivity index (χ0v) is 22.5. The van der Waals surface area contributed by atoms with Crippen LogP contribution in [0.15, 0.2) is 77.5 Å². The van der Waals surface area contributed by atoms with Crippen LogP contribution in [-0.4, -0.2) is 49.9 Å². The minimum absolute atomic E-state index is 0.191. The van der Waals surface area contributed by atoms with Crippen molar-refractivity contribution in [1.29, 1.82) is 0 Å². The number of aromatic nitrogens is 1. The molecule has 8 nitrogen and oxygen atoms in total. The van der Waals surface area contributed by atoms with Crippen molar-refractivity contribution in [3.05, 3.63) is 89.8 Å². The van der Waals surface area contributed by atoms with Gasteiger partial charge in [0.1, 0.15) is 29.1 Å². The quantitative estimate of drug-likeness (QED) is 0.331. The van der Waals surface area contributed by atoms with Gasteiger partial charge in [-0.15, -0.1) is 0 Å². The Bertz CT molecular complexity index is 1490. The van der Waals surface area contributed by atoms with Gasteiger partial charge in [0.25, 0.3) is 0 Å². The van der Waals surface area contributed by atoms with E-state index in [-0.39, 0.29) is 11.8 Å². The van der Waals surface area contributed by atoms with Gasteiger partial charge < -0.3 is 34.4 Å². The van der Waals surface area contributed by atoms with Gasteiger partial charge in [-0.2, -0.15) is 0 Å². The maximum Gasteiger partial charge on any atom is 0.226 e. The van der Waals surface area contributed by atoms with E-state index in [1.54, 1.807) is 20.4 Å². The molecule has 2 heterocycles. The summed E-state index contributed by atoms with van der Waals surface area (Å²) in [6, 6.07) is 19.4. The molecule has 0 amide bonds. The molecule has 39 heavy (non-hydrogen) atoms. The molecule has 6 rings (SSSR count). The Morgan fingerprint density at radius 3 is 2.51 bits per heavy atom. The van der Waals surface area contributed by atoms with Crippen LogP contribution in [-0.2, 0) is 11.2 Å². The van der Waals surface area contributed by atoms with E-state index >= 15 is 0 Å². The second-order valence-electron chi connectivity index (χ2n) is 10.6. The van der Waals surface area contributed by atoms with Gasteiger partial charge in [-0.1, -0.05) is 24.3 Å². The molecular formula is C31H33N3O5. The van der Waals surface area contributed by atoms with Crippen molar-refractivity contribution in [2.45, 2.75) is 23.5 Å². The maximum absolute atomic E-state index is 13.2. The van der Waals surface area contributed by atoms with Gasteiger partial charge in [-0.05, 0) is 68.0 Å². The monoisotopic (exact) mass is 527 g/mol. The summed E-state index contributed by atoms with van der Waals surface area (Å²) in [5.41, 5.74) is 7.52. The summed E-state index contributed by atoms with van der Waals surface area (Å²) in [6.07, 6.45) is 3.80. The molecule has 0 radical (unpaired) electrons. The van der Waals surface area contributed by atoms with E-state index in [9.17, 15) is 5.11 Å². The van der Waals surface area contributed by atoms with Gasteiger partial charge in [-0.3, -0.25) is 0 Å². The predicted molar refractivity (Wildman–Crippen MR) is 148 cm³/mol. The fraction of sp³-hybridized carbons (Fsp3) is 0.323. The average molecular weight is 528 g/mol. The van der Waals surface area contributed by atoms with Gasteiger partial charge >= 0.3 is 0 Å². The number of ether oxygens (including phenoxy) is 3. The number of benzene rings is 3. The summed E-state index contributed by atoms with van der Waals surface area (Å²) in [6.45, 7) is 0.640. The van der Waals surface area contributed by atoms with E-state index in [2.05, 4.69) is 16.0 Å². The van der Waals surface area contributed by atoms with Crippen molar-refractivity contribution in [3.8, 4) is 28.7 Å². The lowest BCUT2D eigenvalue weighted by atomic mass is 9.69. The standard InChI is InChI=1S/C31H33N3O5/c1-34(2)18-22-17-25(19-6-5-7-23(32)14-19)31(21-8-10-24(36-3)11-9-21)30(22,35)28-26(37-4)15-20(16-27(28)39-31)29-33-12-13-38-29/h5-16,22,25,35H,17-18,32H2,1-4H3/t22-,25+,30-,31+/m1/s1. The number of nitrogens with two attached hydrogens (primary N) is 1. The molecule has 4 atom stereocenters. The van der Waals surface area contributed by atoms with Crippen LogP contribution >= 0.6 is 0 Å². The van der Waals surface area contributed by atoms with Crippen LogP contribution in [0.5, 0.6) is 17.2 Å². The van der Waals surface area contributed by atoms with Crippen LogP contribution in [0.25, 0.3) is 11.5 Å². The molecule has 0 bridgehead atoms. The van der Waals surface area contributed by atoms with E-state index in [0.29, 0.717) is 47.2 Å². The van der Waals surface area contributed by atoms with E-state index in [1.165, 1.54) is 6.26 Å². The normalized spacial score (nSPS) is 25.3. The Hall–Kier alpha value is -4.01. The number of aliphatic hydroxyl groups is 1. The first-order chi connectivity index (χ1) is 18.8. The van der Waals surface area contributed by atoms with Crippen LogP contribution < -0.4 is 19.9 Å². The summed E-state index contributed by atoms with van der Waals surface area (Å²) in [7, 11) is 7.29. The zero-order valence-electron chi connectivity index (χ0n) is 22.5. The molecule has 1 aromatic heterocycles. The number of anilines is 1. The molecule has 3 aromatic carbocycles. The minimum atomic E-state index is -1.43. The second-order valence-corrected chi connectivity index (χ2v) is 10.6. The van der Waals surface area contributed by atoms with E-state index in [1.807, 2.05) is 68.7 Å². The molecule has 1 aliphatic heterocycles. The molecule has 0 unspecified atom stereocenters. The van der Waals surface area contributed by atoms with Crippen LogP contribution in [0, 0.1) is 5.92 Å². The Morgan fingerprint density at radius 1 is 1.08 bits per heavy atom. The molecule has 4 aromatic rings. The lowest BCUT2D eigenvalue weighted by Gasteiger charge is -2.42. The van der Waals surface area contributed by atoms with Crippen molar-refractivity contribution in [1.82, 2.24) is 9.88 Å². The van der Waals surface area contributed by atoms with Gasteiger partial charge in [0.2, 0.25) is 5.89 Å². The SMILES string of the molecule is COc1ccc([C@@]23Oc4cc(-c5ncco5)cc(OC)c4[C@]2(O)[C@@H](CN(C)C)C[C@H]3c2cccc(N)c2)cc1. The molecule has 0 saturated heterocycles. The summed E-state index contributed by atoms with van der Waals surface area (Å²) >= 11 is 0. The van der Waals surface area contributed by atoms with Gasteiger partial charge in [-0.25, -0.2) is 4.98 Å². The summed E-state index contributed by atoms with van der Waals surface area (Å²) in [5.74, 6) is 1.82. The molecule has 0 spiro atoms. The lowest BCUT2D eigenvalue weighted by molar-refractivity contribution is -0.130. The van der Waals surface area contributed by atoms with Crippen LogP contribution in [0.3, 0.4) is 0 Å². The summed E-state index contributed by atoms with van der Waals surface area (Å²) in [4.78, 5) is 6.43. The molecule has 1 fully saturated rings. The average Bonchev–Trinajstić information content (AvgIpc) is 3.62. The molecule has 202 valence electrons. The molecule has 1 saturated carbocycles. The summed E-state index contributed by atoms with van der Waals surface area (Å²) in [5, 5.41) is 13.2. The molecular weight excluding hydrogens is 494 g/mol. The number of fused-ring (bicyclic) bond motifs is 3. The molecule has 1 aliphatic carbocycles. The Kier molecular flexibility index (Phi) is 6.04. The highest BCUT2D eigenvalue weighted by Crippen LogP contribution is 2.70. The van der Waals surface area contributed by atoms with Gasteiger partial charge in [0.15, 0.2) is 5.60 Å². The number of nitrogen functional groups attached to an aromatic ring is 1. The second kappa shape index (κ2) is 9.32. The first kappa shape index (κ1) is 25.3. The molecule has 8 heteroatoms. The topological polar surface area (TPSA) is 103 Å². The van der Waals surface area contributed by atoms with Crippen molar-refractivity contribution in [3.63, 3.8) is 0 Å². The maximum atomic E-state index is 13.2. The Morgan fingerprint density at radius 2 is 1.87 bits per heavy atom. The zero-order chi connectivity index (χ0) is 27.4. The highest BCUT2D eigenvalue weighted by molar-refractivity contribution is 5.68. The third-order valence-electron chi connectivity index (χ3n) is 8.20. The van der Waals surface area contributed by atoms with Gasteiger partial charge in [0.05, 0.1) is 26.0 Å². The van der Waals surface area contributed by atoms with Crippen LogP contribution in [0.2, 0.25) is 0 Å². The third-order valence-corrected chi connectivity index (χ3v) is 8.20. The smallest absolute Gasteiger partial charge is 0.226 e. The van der Waals surface area contributed by atoms with Crippen LogP contribution in [0.1, 0.15) is 29.0 Å². The Labute approximate surface area is 227 Å². The molecule has 2 aliphatic rings. The largest absolute Gasteiger partial charge is 0.497 e. The number of oxazole rings is 1. The highest BCUT2D eigenvalue weighted by Gasteiger charge is 2.73. The first-order valence-corrected chi connectivity index (χ1v) is 13.0. The van der Waals surface area contributed by atoms with Crippen LogP contribution in [0.4, 0.5) is 5.69 Å². The van der Waals surface area contributed by atoms with E-state index in [4.69, 9.17) is 24.4 Å². The number of hydrogen-bond donors (Lipinski definition) is 2. The fourth-order valence-electron chi connectivity index (χ4n) is 6.71. The third kappa shape index (κ3) is 3.70. The van der Waals surface area contributed by atoms with Crippen molar-refractivity contribution in [2.75, 3.05) is 40.6 Å². The van der Waals surface area contributed by atoms with Crippen molar-refractivity contribution < 1.29 is 23.7 Å². The molecule has 3 N–H and O–H groups in total. The fourth-order valence-corrected chi connectivity index (χ4v) is 6.71. The predicted octanol–water partition coefficient (Wildman–Crippen LogP) is 4.78. The number of methoxy groups -OCH3 is 2. The highest BCUT2D eigenvalue weighted by atomic mass is 16.5. The van der Waals surface area contributed by atoms with Crippen molar-refractivity contribution >= 4 is 5.69 Å². The Balaban J connectivity index is 1.65. The minimum Gasteiger partial charge on any atom is -0.497 e. The van der Waals surface area contributed by atoms with E-state index < -0.39 is 11.2 Å².